The number of rotatable bonds is 3. The molecule has 0 aromatic heterocycles. The second-order valence-electron chi connectivity index (χ2n) is 4.60. The van der Waals surface area contributed by atoms with E-state index in [1.54, 1.807) is 12.1 Å². The highest BCUT2D eigenvalue weighted by atomic mass is 16.3. The maximum atomic E-state index is 12.1. The molecule has 0 bridgehead atoms. The van der Waals surface area contributed by atoms with Crippen LogP contribution in [0.4, 0.5) is 0 Å². The molecule has 0 aliphatic heterocycles. The molecule has 0 saturated heterocycles. The Hall–Kier alpha value is -2.29. The molecule has 19 heavy (non-hydrogen) atoms. The van der Waals surface area contributed by atoms with Gasteiger partial charge < -0.3 is 10.4 Å². The summed E-state index contributed by atoms with van der Waals surface area (Å²) in [7, 11) is 0. The first-order valence-electron chi connectivity index (χ1n) is 6.23. The molecule has 98 valence electrons. The number of benzene rings is 2. The van der Waals surface area contributed by atoms with Gasteiger partial charge in [-0.05, 0) is 49.2 Å². The summed E-state index contributed by atoms with van der Waals surface area (Å²) in [6.07, 6.45) is 0. The lowest BCUT2D eigenvalue weighted by Crippen LogP contribution is -2.27. The van der Waals surface area contributed by atoms with Crippen LogP contribution in [0.2, 0.25) is 0 Å². The molecule has 3 heteroatoms. The van der Waals surface area contributed by atoms with Crippen molar-refractivity contribution in [2.24, 2.45) is 0 Å². The number of aryl methyl sites for hydroxylation is 1. The first-order valence-corrected chi connectivity index (χ1v) is 6.23. The Morgan fingerprint density at radius 1 is 1.11 bits per heavy atom. The smallest absolute Gasteiger partial charge is 0.251 e. The number of phenols is 1. The maximum Gasteiger partial charge on any atom is 0.251 e. The highest BCUT2D eigenvalue weighted by Gasteiger charge is 2.12. The van der Waals surface area contributed by atoms with Gasteiger partial charge in [0.2, 0.25) is 0 Å². The van der Waals surface area contributed by atoms with E-state index in [-0.39, 0.29) is 17.7 Å². The van der Waals surface area contributed by atoms with Gasteiger partial charge in [-0.25, -0.2) is 0 Å². The summed E-state index contributed by atoms with van der Waals surface area (Å²) in [5, 5.41) is 12.2. The summed E-state index contributed by atoms with van der Waals surface area (Å²) in [4.78, 5) is 12.1. The number of phenolic OH excluding ortho intramolecular Hbond substituents is 1. The Morgan fingerprint density at radius 2 is 1.74 bits per heavy atom. The van der Waals surface area contributed by atoms with Gasteiger partial charge in [-0.3, -0.25) is 4.79 Å². The number of hydrogen-bond acceptors (Lipinski definition) is 2. The van der Waals surface area contributed by atoms with E-state index in [0.717, 1.165) is 11.1 Å². The quantitative estimate of drug-likeness (QED) is 0.885. The Morgan fingerprint density at radius 3 is 2.37 bits per heavy atom. The van der Waals surface area contributed by atoms with E-state index in [4.69, 9.17) is 0 Å². The molecule has 0 radical (unpaired) electrons. The summed E-state index contributed by atoms with van der Waals surface area (Å²) in [5.41, 5.74) is 2.80. The molecule has 2 aromatic carbocycles. The van der Waals surface area contributed by atoms with Crippen LogP contribution in [0.25, 0.3) is 0 Å². The van der Waals surface area contributed by atoms with E-state index in [1.807, 2.05) is 38.1 Å². The predicted octanol–water partition coefficient (Wildman–Crippen LogP) is 3.19. The SMILES string of the molecule is Cc1ccccc1C(C)NC(=O)c1ccc(O)cc1. The fourth-order valence-electron chi connectivity index (χ4n) is 2.04. The van der Waals surface area contributed by atoms with Crippen molar-refractivity contribution in [3.63, 3.8) is 0 Å². The van der Waals surface area contributed by atoms with Gasteiger partial charge in [0.05, 0.1) is 6.04 Å². The minimum absolute atomic E-state index is 0.0532. The number of nitrogens with one attached hydrogen (secondary N) is 1. The lowest BCUT2D eigenvalue weighted by atomic mass is 10.0. The van der Waals surface area contributed by atoms with Gasteiger partial charge in [-0.2, -0.15) is 0 Å². The third-order valence-electron chi connectivity index (χ3n) is 3.13. The first-order chi connectivity index (χ1) is 9.08. The van der Waals surface area contributed by atoms with Crippen molar-refractivity contribution in [2.75, 3.05) is 0 Å². The van der Waals surface area contributed by atoms with Crippen LogP contribution < -0.4 is 5.32 Å². The summed E-state index contributed by atoms with van der Waals surface area (Å²) in [6, 6.07) is 14.2. The summed E-state index contributed by atoms with van der Waals surface area (Å²) in [6.45, 7) is 3.99. The average Bonchev–Trinajstić information content (AvgIpc) is 2.39. The largest absolute Gasteiger partial charge is 0.508 e. The molecule has 2 rings (SSSR count). The van der Waals surface area contributed by atoms with Gasteiger partial charge >= 0.3 is 0 Å². The van der Waals surface area contributed by atoms with Crippen LogP contribution in [0.1, 0.15) is 34.5 Å². The molecule has 0 heterocycles. The molecule has 2 N–H and O–H groups in total. The van der Waals surface area contributed by atoms with Crippen molar-refractivity contribution in [3.05, 3.63) is 65.2 Å². The van der Waals surface area contributed by atoms with E-state index in [0.29, 0.717) is 5.56 Å². The first kappa shape index (κ1) is 13.1. The van der Waals surface area contributed by atoms with Gasteiger partial charge in [-0.1, -0.05) is 24.3 Å². The molecule has 0 aliphatic rings. The van der Waals surface area contributed by atoms with Gasteiger partial charge in [-0.15, -0.1) is 0 Å². The number of hydrogen-bond donors (Lipinski definition) is 2. The van der Waals surface area contributed by atoms with E-state index in [9.17, 15) is 9.90 Å². The normalized spacial score (nSPS) is 11.9. The monoisotopic (exact) mass is 255 g/mol. The van der Waals surface area contributed by atoms with Crippen LogP contribution in [0.5, 0.6) is 5.75 Å². The van der Waals surface area contributed by atoms with Crippen molar-refractivity contribution in [1.29, 1.82) is 0 Å². The standard InChI is InChI=1S/C16H17NO2/c1-11-5-3-4-6-15(11)12(2)17-16(19)13-7-9-14(18)10-8-13/h3-10,12,18H,1-2H3,(H,17,19). The highest BCUT2D eigenvalue weighted by Crippen LogP contribution is 2.17. The van der Waals surface area contributed by atoms with Gasteiger partial charge in [0.15, 0.2) is 0 Å². The number of aromatic hydroxyl groups is 1. The fraction of sp³-hybridized carbons (Fsp3) is 0.188. The molecule has 0 spiro atoms. The Kier molecular flexibility index (Phi) is 3.85. The minimum atomic E-state index is -0.143. The van der Waals surface area contributed by atoms with Crippen LogP contribution in [0.3, 0.4) is 0 Å². The number of carbonyl (C=O) groups is 1. The summed E-state index contributed by atoms with van der Waals surface area (Å²) in [5.74, 6) is 0.0132. The lowest BCUT2D eigenvalue weighted by molar-refractivity contribution is 0.0940. The molecule has 2 aromatic rings. The Bertz CT molecular complexity index is 576. The molecular formula is C16H17NO2. The third-order valence-corrected chi connectivity index (χ3v) is 3.13. The van der Waals surface area contributed by atoms with Crippen molar-refractivity contribution in [3.8, 4) is 5.75 Å². The van der Waals surface area contributed by atoms with E-state index in [2.05, 4.69) is 5.32 Å². The minimum Gasteiger partial charge on any atom is -0.508 e. The number of carbonyl (C=O) groups excluding carboxylic acids is 1. The van der Waals surface area contributed by atoms with Crippen LogP contribution in [-0.2, 0) is 0 Å². The highest BCUT2D eigenvalue weighted by molar-refractivity contribution is 5.94. The zero-order chi connectivity index (χ0) is 13.8. The maximum absolute atomic E-state index is 12.1. The average molecular weight is 255 g/mol. The molecular weight excluding hydrogens is 238 g/mol. The van der Waals surface area contributed by atoms with Crippen LogP contribution >= 0.6 is 0 Å². The second kappa shape index (κ2) is 5.57. The molecule has 0 fully saturated rings. The van der Waals surface area contributed by atoms with Crippen LogP contribution in [0, 0.1) is 6.92 Å². The van der Waals surface area contributed by atoms with E-state index < -0.39 is 0 Å². The van der Waals surface area contributed by atoms with Gasteiger partial charge in [0, 0.05) is 5.56 Å². The lowest BCUT2D eigenvalue weighted by Gasteiger charge is -2.16. The van der Waals surface area contributed by atoms with Crippen molar-refractivity contribution in [1.82, 2.24) is 5.32 Å². The molecule has 0 saturated carbocycles. The fourth-order valence-corrected chi connectivity index (χ4v) is 2.04. The molecule has 1 unspecified atom stereocenters. The topological polar surface area (TPSA) is 49.3 Å². The Labute approximate surface area is 112 Å². The zero-order valence-corrected chi connectivity index (χ0v) is 11.1. The number of amides is 1. The second-order valence-corrected chi connectivity index (χ2v) is 4.60. The van der Waals surface area contributed by atoms with Crippen molar-refractivity contribution >= 4 is 5.91 Å². The Balaban J connectivity index is 2.11. The molecule has 0 aliphatic carbocycles. The third kappa shape index (κ3) is 3.13. The summed E-state index contributed by atoms with van der Waals surface area (Å²) < 4.78 is 0. The van der Waals surface area contributed by atoms with E-state index in [1.165, 1.54) is 12.1 Å². The molecule has 3 nitrogen and oxygen atoms in total. The summed E-state index contributed by atoms with van der Waals surface area (Å²) >= 11 is 0. The van der Waals surface area contributed by atoms with Gasteiger partial charge in [0.1, 0.15) is 5.75 Å². The van der Waals surface area contributed by atoms with Gasteiger partial charge in [0.25, 0.3) is 5.91 Å². The van der Waals surface area contributed by atoms with Crippen molar-refractivity contribution in [2.45, 2.75) is 19.9 Å². The predicted molar refractivity (Wildman–Crippen MR) is 75.2 cm³/mol. The zero-order valence-electron chi connectivity index (χ0n) is 11.1. The van der Waals surface area contributed by atoms with Crippen molar-refractivity contribution < 1.29 is 9.90 Å². The van der Waals surface area contributed by atoms with E-state index >= 15 is 0 Å². The molecule has 1 amide bonds. The molecule has 1 atom stereocenters. The van der Waals surface area contributed by atoms with Crippen LogP contribution in [-0.4, -0.2) is 11.0 Å². The van der Waals surface area contributed by atoms with Crippen LogP contribution in [0.15, 0.2) is 48.5 Å².